The number of rotatable bonds is 5. The zero-order chi connectivity index (χ0) is 11.3. The highest BCUT2D eigenvalue weighted by molar-refractivity contribution is 5.93. The molecule has 15 heavy (non-hydrogen) atoms. The molecule has 1 amide bonds. The maximum atomic E-state index is 11.0. The van der Waals surface area contributed by atoms with Gasteiger partial charge in [-0.3, -0.25) is 4.79 Å². The zero-order valence-electron chi connectivity index (χ0n) is 8.69. The molecule has 0 saturated carbocycles. The first-order chi connectivity index (χ1) is 7.13. The van der Waals surface area contributed by atoms with Gasteiger partial charge in [-0.1, -0.05) is 0 Å². The average Bonchev–Trinajstić information content (AvgIpc) is 2.17. The molecule has 0 aromatic carbocycles. The summed E-state index contributed by atoms with van der Waals surface area (Å²) in [6.07, 6.45) is 0.752. The summed E-state index contributed by atoms with van der Waals surface area (Å²) in [7, 11) is 0. The van der Waals surface area contributed by atoms with Crippen LogP contribution in [0.15, 0.2) is 12.1 Å². The molecule has 82 valence electrons. The Bertz CT molecular complexity index is 353. The third kappa shape index (κ3) is 3.55. The molecular formula is C10H15N3O2. The number of carbonyl (C=O) groups is 1. The molecule has 0 atom stereocenters. The van der Waals surface area contributed by atoms with Gasteiger partial charge in [0, 0.05) is 17.3 Å². The third-order valence-corrected chi connectivity index (χ3v) is 1.81. The minimum absolute atomic E-state index is 0.408. The second-order valence-electron chi connectivity index (χ2n) is 3.19. The maximum Gasteiger partial charge on any atom is 0.248 e. The Hall–Kier alpha value is -1.62. The molecule has 5 nitrogen and oxygen atoms in total. The van der Waals surface area contributed by atoms with Crippen LogP contribution in [0.5, 0.6) is 5.88 Å². The Morgan fingerprint density at radius 2 is 2.27 bits per heavy atom. The van der Waals surface area contributed by atoms with Crippen molar-refractivity contribution in [2.24, 2.45) is 11.5 Å². The molecular weight excluding hydrogens is 194 g/mol. The number of carbonyl (C=O) groups excluding carboxylic acids is 1. The highest BCUT2D eigenvalue weighted by Crippen LogP contribution is 2.12. The number of nitrogens with zero attached hydrogens (tertiary/aromatic N) is 1. The number of hydrogen-bond acceptors (Lipinski definition) is 4. The van der Waals surface area contributed by atoms with Gasteiger partial charge in [-0.15, -0.1) is 0 Å². The largest absolute Gasteiger partial charge is 0.478 e. The summed E-state index contributed by atoms with van der Waals surface area (Å²) in [5.74, 6) is -0.0681. The Morgan fingerprint density at radius 1 is 1.53 bits per heavy atom. The van der Waals surface area contributed by atoms with E-state index in [2.05, 4.69) is 4.98 Å². The van der Waals surface area contributed by atoms with Crippen LogP contribution in [-0.2, 0) is 0 Å². The Labute approximate surface area is 88.4 Å². The van der Waals surface area contributed by atoms with Crippen molar-refractivity contribution in [3.05, 3.63) is 23.4 Å². The number of pyridine rings is 1. The molecule has 0 unspecified atom stereocenters. The first-order valence-corrected chi connectivity index (χ1v) is 4.75. The fraction of sp³-hybridized carbons (Fsp3) is 0.400. The molecule has 0 aliphatic heterocycles. The van der Waals surface area contributed by atoms with Crippen LogP contribution in [0.1, 0.15) is 22.5 Å². The van der Waals surface area contributed by atoms with Gasteiger partial charge in [-0.05, 0) is 26.0 Å². The molecule has 0 radical (unpaired) electrons. The van der Waals surface area contributed by atoms with E-state index in [1.54, 1.807) is 13.0 Å². The summed E-state index contributed by atoms with van der Waals surface area (Å²) < 4.78 is 5.32. The van der Waals surface area contributed by atoms with E-state index in [4.69, 9.17) is 16.2 Å². The third-order valence-electron chi connectivity index (χ3n) is 1.81. The van der Waals surface area contributed by atoms with Gasteiger partial charge in [0.2, 0.25) is 11.8 Å². The lowest BCUT2D eigenvalue weighted by Gasteiger charge is -2.06. The lowest BCUT2D eigenvalue weighted by atomic mass is 10.2. The second kappa shape index (κ2) is 5.31. The molecule has 1 aromatic heterocycles. The molecule has 0 bridgehead atoms. The smallest absolute Gasteiger partial charge is 0.248 e. The van der Waals surface area contributed by atoms with Crippen molar-refractivity contribution in [2.75, 3.05) is 13.2 Å². The van der Waals surface area contributed by atoms with E-state index in [9.17, 15) is 4.79 Å². The number of primary amides is 1. The quantitative estimate of drug-likeness (QED) is 0.678. The molecule has 0 aliphatic rings. The highest BCUT2D eigenvalue weighted by atomic mass is 16.5. The van der Waals surface area contributed by atoms with Crippen molar-refractivity contribution in [3.8, 4) is 5.88 Å². The highest BCUT2D eigenvalue weighted by Gasteiger charge is 2.05. The van der Waals surface area contributed by atoms with Crippen LogP contribution in [0, 0.1) is 6.92 Å². The van der Waals surface area contributed by atoms with Gasteiger partial charge < -0.3 is 16.2 Å². The van der Waals surface area contributed by atoms with Crippen molar-refractivity contribution in [2.45, 2.75) is 13.3 Å². The fourth-order valence-corrected chi connectivity index (χ4v) is 1.11. The number of nitrogens with two attached hydrogens (primary N) is 2. The first-order valence-electron chi connectivity index (χ1n) is 4.75. The maximum absolute atomic E-state index is 11.0. The summed E-state index contributed by atoms with van der Waals surface area (Å²) in [4.78, 5) is 15.1. The monoisotopic (exact) mass is 209 g/mol. The molecule has 1 aromatic rings. The van der Waals surface area contributed by atoms with Gasteiger partial charge in [0.1, 0.15) is 0 Å². The van der Waals surface area contributed by atoms with Crippen molar-refractivity contribution < 1.29 is 9.53 Å². The van der Waals surface area contributed by atoms with Gasteiger partial charge in [0.15, 0.2) is 0 Å². The Morgan fingerprint density at radius 3 is 2.87 bits per heavy atom. The van der Waals surface area contributed by atoms with Crippen LogP contribution < -0.4 is 16.2 Å². The Balaban J connectivity index is 2.75. The number of amides is 1. The number of aryl methyl sites for hydroxylation is 1. The minimum atomic E-state index is -0.482. The molecule has 0 fully saturated rings. The lowest BCUT2D eigenvalue weighted by Crippen LogP contribution is -2.12. The van der Waals surface area contributed by atoms with Crippen LogP contribution in [0.2, 0.25) is 0 Å². The van der Waals surface area contributed by atoms with E-state index in [1.807, 2.05) is 0 Å². The van der Waals surface area contributed by atoms with Crippen molar-refractivity contribution in [1.29, 1.82) is 0 Å². The summed E-state index contributed by atoms with van der Waals surface area (Å²) in [5.41, 5.74) is 11.6. The van der Waals surface area contributed by atoms with E-state index < -0.39 is 5.91 Å². The van der Waals surface area contributed by atoms with Crippen molar-refractivity contribution in [1.82, 2.24) is 4.98 Å². The van der Waals surface area contributed by atoms with E-state index in [1.165, 1.54) is 6.07 Å². The fourth-order valence-electron chi connectivity index (χ4n) is 1.11. The number of hydrogen-bond donors (Lipinski definition) is 2. The molecule has 4 N–H and O–H groups in total. The van der Waals surface area contributed by atoms with Crippen LogP contribution in [0.4, 0.5) is 0 Å². The van der Waals surface area contributed by atoms with E-state index in [0.717, 1.165) is 6.42 Å². The van der Waals surface area contributed by atoms with E-state index in [-0.39, 0.29) is 0 Å². The van der Waals surface area contributed by atoms with E-state index >= 15 is 0 Å². The normalized spacial score (nSPS) is 10.0. The van der Waals surface area contributed by atoms with Gasteiger partial charge in [-0.2, -0.15) is 0 Å². The Kier molecular flexibility index (Phi) is 4.05. The topological polar surface area (TPSA) is 91.2 Å². The first kappa shape index (κ1) is 11.5. The summed E-state index contributed by atoms with van der Waals surface area (Å²) in [5, 5.41) is 0. The molecule has 5 heteroatoms. The molecule has 1 rings (SSSR count). The molecule has 0 saturated heterocycles. The number of aromatic nitrogens is 1. The van der Waals surface area contributed by atoms with Gasteiger partial charge in [-0.25, -0.2) is 4.98 Å². The van der Waals surface area contributed by atoms with Gasteiger partial charge in [0.05, 0.1) is 6.61 Å². The molecule has 0 aliphatic carbocycles. The minimum Gasteiger partial charge on any atom is -0.478 e. The molecule has 1 heterocycles. The summed E-state index contributed by atoms with van der Waals surface area (Å²) in [6, 6.07) is 3.16. The standard InChI is InChI=1S/C10H15N3O2/c1-7-5-8(10(12)14)6-9(13-7)15-4-2-3-11/h5-6H,2-4,11H2,1H3,(H2,12,14). The second-order valence-corrected chi connectivity index (χ2v) is 3.19. The van der Waals surface area contributed by atoms with Gasteiger partial charge >= 0.3 is 0 Å². The predicted octanol–water partition coefficient (Wildman–Crippen LogP) is 0.217. The number of ether oxygens (including phenoxy) is 1. The average molecular weight is 209 g/mol. The van der Waals surface area contributed by atoms with Crippen LogP contribution in [0.25, 0.3) is 0 Å². The van der Waals surface area contributed by atoms with Crippen molar-refractivity contribution >= 4 is 5.91 Å². The van der Waals surface area contributed by atoms with Crippen LogP contribution in [-0.4, -0.2) is 24.0 Å². The zero-order valence-corrected chi connectivity index (χ0v) is 8.69. The van der Waals surface area contributed by atoms with E-state index in [0.29, 0.717) is 30.3 Å². The predicted molar refractivity (Wildman–Crippen MR) is 56.7 cm³/mol. The van der Waals surface area contributed by atoms with Crippen LogP contribution >= 0.6 is 0 Å². The summed E-state index contributed by atoms with van der Waals surface area (Å²) >= 11 is 0. The lowest BCUT2D eigenvalue weighted by molar-refractivity contribution is 0.0999. The van der Waals surface area contributed by atoms with Crippen LogP contribution in [0.3, 0.4) is 0 Å². The molecule has 0 spiro atoms. The van der Waals surface area contributed by atoms with Crippen molar-refractivity contribution in [3.63, 3.8) is 0 Å². The van der Waals surface area contributed by atoms with Gasteiger partial charge in [0.25, 0.3) is 0 Å². The summed E-state index contributed by atoms with van der Waals surface area (Å²) in [6.45, 7) is 2.84. The SMILES string of the molecule is Cc1cc(C(N)=O)cc(OCCCN)n1.